The van der Waals surface area contributed by atoms with Crippen molar-refractivity contribution >= 4 is 5.82 Å². The molecule has 2 saturated heterocycles. The van der Waals surface area contributed by atoms with Crippen LogP contribution >= 0.6 is 0 Å². The van der Waals surface area contributed by atoms with E-state index in [-0.39, 0.29) is 11.7 Å². The van der Waals surface area contributed by atoms with Gasteiger partial charge in [0.15, 0.2) is 6.29 Å². The fourth-order valence-electron chi connectivity index (χ4n) is 5.17. The molecule has 6 nitrogen and oxygen atoms in total. The first kappa shape index (κ1) is 21.5. The minimum atomic E-state index is -0.0959. The molecule has 3 aliphatic rings. The lowest BCUT2D eigenvalue weighted by atomic mass is 9.74. The molecular weight excluding hydrogens is 376 g/mol. The predicted molar refractivity (Wildman–Crippen MR) is 117 cm³/mol. The lowest BCUT2D eigenvalue weighted by molar-refractivity contribution is -0.241. The second-order valence-electron chi connectivity index (χ2n) is 9.95. The smallest absolute Gasteiger partial charge is 0.157 e. The summed E-state index contributed by atoms with van der Waals surface area (Å²) < 4.78 is 12.1. The number of nitrogens with zero attached hydrogens (tertiary/aromatic N) is 2. The minimum Gasteiger partial charge on any atom is -0.367 e. The first-order valence-electron chi connectivity index (χ1n) is 11.6. The summed E-state index contributed by atoms with van der Waals surface area (Å²) >= 11 is 0. The Balaban J connectivity index is 1.34. The molecule has 164 valence electrons. The van der Waals surface area contributed by atoms with Gasteiger partial charge in [0.05, 0.1) is 18.8 Å². The van der Waals surface area contributed by atoms with Gasteiger partial charge in [-0.2, -0.15) is 5.26 Å². The Labute approximate surface area is 180 Å². The minimum absolute atomic E-state index is 0.0959. The van der Waals surface area contributed by atoms with Crippen molar-refractivity contribution in [1.29, 1.82) is 5.26 Å². The van der Waals surface area contributed by atoms with E-state index in [1.165, 1.54) is 25.7 Å². The molecule has 1 aromatic rings. The number of nitriles is 1. The van der Waals surface area contributed by atoms with Gasteiger partial charge in [0, 0.05) is 37.2 Å². The molecule has 1 aromatic heterocycles. The maximum absolute atomic E-state index is 9.03. The van der Waals surface area contributed by atoms with Gasteiger partial charge in [-0.05, 0) is 62.0 Å². The van der Waals surface area contributed by atoms with Crippen molar-refractivity contribution in [3.8, 4) is 6.07 Å². The third kappa shape index (κ3) is 5.14. The summed E-state index contributed by atoms with van der Waals surface area (Å²) in [4.78, 5) is 4.46. The average molecular weight is 413 g/mol. The summed E-state index contributed by atoms with van der Waals surface area (Å²) in [6.07, 6.45) is 8.61. The number of aromatic nitrogens is 1. The first-order chi connectivity index (χ1) is 14.6. The van der Waals surface area contributed by atoms with Gasteiger partial charge in [0.25, 0.3) is 0 Å². The first-order valence-corrected chi connectivity index (χ1v) is 11.6. The van der Waals surface area contributed by atoms with E-state index in [0.29, 0.717) is 17.5 Å². The molecule has 1 saturated carbocycles. The molecule has 3 heterocycles. The molecule has 0 bridgehead atoms. The lowest BCUT2D eigenvalue weighted by Crippen LogP contribution is -2.61. The molecule has 1 spiro atoms. The van der Waals surface area contributed by atoms with Gasteiger partial charge in [-0.15, -0.1) is 0 Å². The highest BCUT2D eigenvalue weighted by Crippen LogP contribution is 2.37. The SMILES string of the molecule is CC(C)C1CCC(C(CCC2OCC3(CNC3)CO2)Nc2ccc(C#N)cn2)CC1. The molecule has 4 rings (SSSR count). The zero-order chi connectivity index (χ0) is 21.0. The Morgan fingerprint density at radius 2 is 1.87 bits per heavy atom. The highest BCUT2D eigenvalue weighted by atomic mass is 16.7. The number of pyridine rings is 1. The van der Waals surface area contributed by atoms with E-state index in [2.05, 4.69) is 35.5 Å². The van der Waals surface area contributed by atoms with Crippen molar-refractivity contribution in [2.24, 2.45) is 23.2 Å². The summed E-state index contributed by atoms with van der Waals surface area (Å²) in [7, 11) is 0. The molecule has 3 fully saturated rings. The van der Waals surface area contributed by atoms with E-state index < -0.39 is 0 Å². The van der Waals surface area contributed by atoms with Gasteiger partial charge < -0.3 is 20.1 Å². The molecule has 0 amide bonds. The van der Waals surface area contributed by atoms with E-state index >= 15 is 0 Å². The van der Waals surface area contributed by atoms with Crippen molar-refractivity contribution in [3.05, 3.63) is 23.9 Å². The normalized spacial score (nSPS) is 27.4. The molecule has 1 atom stereocenters. The Hall–Kier alpha value is -1.68. The second-order valence-corrected chi connectivity index (χ2v) is 9.95. The van der Waals surface area contributed by atoms with Crippen LogP contribution in [0.3, 0.4) is 0 Å². The number of ether oxygens (including phenoxy) is 2. The summed E-state index contributed by atoms with van der Waals surface area (Å²) in [5.74, 6) is 3.13. The molecule has 1 unspecified atom stereocenters. The summed E-state index contributed by atoms with van der Waals surface area (Å²) in [5, 5.41) is 16.0. The highest BCUT2D eigenvalue weighted by molar-refractivity contribution is 5.40. The molecule has 2 N–H and O–H groups in total. The van der Waals surface area contributed by atoms with Crippen molar-refractivity contribution in [1.82, 2.24) is 10.3 Å². The third-order valence-corrected chi connectivity index (χ3v) is 7.42. The van der Waals surface area contributed by atoms with Crippen LogP contribution in [0.2, 0.25) is 0 Å². The van der Waals surface area contributed by atoms with Gasteiger partial charge in [0.1, 0.15) is 11.9 Å². The third-order valence-electron chi connectivity index (χ3n) is 7.42. The van der Waals surface area contributed by atoms with Crippen LogP contribution in [-0.4, -0.2) is 43.6 Å². The molecule has 0 radical (unpaired) electrons. The van der Waals surface area contributed by atoms with Crippen molar-refractivity contribution in [3.63, 3.8) is 0 Å². The monoisotopic (exact) mass is 412 g/mol. The van der Waals surface area contributed by atoms with Gasteiger partial charge in [-0.3, -0.25) is 0 Å². The zero-order valence-electron chi connectivity index (χ0n) is 18.4. The van der Waals surface area contributed by atoms with Crippen LogP contribution in [0.25, 0.3) is 0 Å². The Kier molecular flexibility index (Phi) is 6.92. The topological polar surface area (TPSA) is 79.2 Å². The Morgan fingerprint density at radius 3 is 2.40 bits per heavy atom. The quantitative estimate of drug-likeness (QED) is 0.706. The van der Waals surface area contributed by atoms with Gasteiger partial charge in [-0.25, -0.2) is 4.98 Å². The number of hydrogen-bond donors (Lipinski definition) is 2. The van der Waals surface area contributed by atoms with Gasteiger partial charge >= 0.3 is 0 Å². The number of nitrogens with one attached hydrogen (secondary N) is 2. The summed E-state index contributed by atoms with van der Waals surface area (Å²) in [6.45, 7) is 8.33. The van der Waals surface area contributed by atoms with Crippen molar-refractivity contribution in [2.45, 2.75) is 64.7 Å². The van der Waals surface area contributed by atoms with Crippen LogP contribution in [0.4, 0.5) is 5.82 Å². The van der Waals surface area contributed by atoms with Crippen molar-refractivity contribution < 1.29 is 9.47 Å². The Bertz CT molecular complexity index is 708. The van der Waals surface area contributed by atoms with E-state index in [0.717, 1.165) is 56.8 Å². The summed E-state index contributed by atoms with van der Waals surface area (Å²) in [6, 6.07) is 6.25. The molecule has 6 heteroatoms. The fraction of sp³-hybridized carbons (Fsp3) is 0.750. The van der Waals surface area contributed by atoms with Gasteiger partial charge in [0.2, 0.25) is 0 Å². The van der Waals surface area contributed by atoms with E-state index in [1.807, 2.05) is 12.1 Å². The second kappa shape index (κ2) is 9.64. The van der Waals surface area contributed by atoms with Crippen LogP contribution in [0.15, 0.2) is 18.3 Å². The van der Waals surface area contributed by atoms with E-state index in [1.54, 1.807) is 6.20 Å². The average Bonchev–Trinajstić information content (AvgIpc) is 2.76. The maximum atomic E-state index is 9.03. The maximum Gasteiger partial charge on any atom is 0.157 e. The van der Waals surface area contributed by atoms with Crippen LogP contribution in [0, 0.1) is 34.5 Å². The van der Waals surface area contributed by atoms with Crippen LogP contribution in [0.1, 0.15) is 57.9 Å². The predicted octanol–water partition coefficient (Wildman–Crippen LogP) is 3.94. The molecule has 0 aromatic carbocycles. The highest BCUT2D eigenvalue weighted by Gasteiger charge is 2.42. The molecule has 30 heavy (non-hydrogen) atoms. The fourth-order valence-corrected chi connectivity index (χ4v) is 5.17. The van der Waals surface area contributed by atoms with Crippen molar-refractivity contribution in [2.75, 3.05) is 31.6 Å². The largest absolute Gasteiger partial charge is 0.367 e. The molecule has 2 aliphatic heterocycles. The summed E-state index contributed by atoms with van der Waals surface area (Å²) in [5.41, 5.74) is 0.813. The standard InChI is InChI=1S/C24H36N4O2/c1-17(2)19-4-6-20(7-5-19)21(28-22-9-3-18(11-25)12-27-22)8-10-23-29-15-24(16-30-23)13-26-14-24/h3,9,12,17,19-21,23,26H,4-8,10,13-16H2,1-2H3,(H,27,28). The van der Waals surface area contributed by atoms with Crippen LogP contribution < -0.4 is 10.6 Å². The number of rotatable bonds is 7. The lowest BCUT2D eigenvalue weighted by Gasteiger charge is -2.46. The zero-order valence-corrected chi connectivity index (χ0v) is 18.4. The molecule has 1 aliphatic carbocycles. The molecular formula is C24H36N4O2. The number of hydrogen-bond acceptors (Lipinski definition) is 6. The van der Waals surface area contributed by atoms with Crippen LogP contribution in [0.5, 0.6) is 0 Å². The van der Waals surface area contributed by atoms with Gasteiger partial charge in [-0.1, -0.05) is 13.8 Å². The van der Waals surface area contributed by atoms with Crippen LogP contribution in [-0.2, 0) is 9.47 Å². The number of anilines is 1. The van der Waals surface area contributed by atoms with E-state index in [9.17, 15) is 0 Å². The Morgan fingerprint density at radius 1 is 1.17 bits per heavy atom. The van der Waals surface area contributed by atoms with E-state index in [4.69, 9.17) is 14.7 Å².